The van der Waals surface area contributed by atoms with Gasteiger partial charge in [0.25, 0.3) is 0 Å². The molecule has 0 heterocycles. The summed E-state index contributed by atoms with van der Waals surface area (Å²) in [6.45, 7) is 2.62. The summed E-state index contributed by atoms with van der Waals surface area (Å²) < 4.78 is 0. The normalized spacial score (nSPS) is 17.5. The maximum atomic E-state index is 12.3. The topological polar surface area (TPSA) is 46.3 Å². The number of rotatable bonds is 4. The molecule has 100 valence electrons. The number of hydrogen-bond donors (Lipinski definition) is 1. The Balaban J connectivity index is 0.00000162. The molecule has 4 heteroatoms. The van der Waals surface area contributed by atoms with Gasteiger partial charge >= 0.3 is 0 Å². The molecule has 1 fully saturated rings. The number of nitrogens with two attached hydrogens (primary N) is 1. The van der Waals surface area contributed by atoms with Gasteiger partial charge in [-0.25, -0.2) is 0 Å². The molecule has 1 aromatic rings. The molecule has 0 radical (unpaired) electrons. The number of likely N-dealkylation sites (N-methyl/N-ethyl adjacent to an activating group) is 1. The van der Waals surface area contributed by atoms with E-state index in [4.69, 9.17) is 5.73 Å². The lowest BCUT2D eigenvalue weighted by Crippen LogP contribution is -2.50. The van der Waals surface area contributed by atoms with Crippen LogP contribution in [-0.4, -0.2) is 24.4 Å². The molecule has 0 aliphatic heterocycles. The first-order valence-corrected chi connectivity index (χ1v) is 6.12. The van der Waals surface area contributed by atoms with Crippen molar-refractivity contribution in [3.05, 3.63) is 35.9 Å². The van der Waals surface area contributed by atoms with E-state index >= 15 is 0 Å². The maximum Gasteiger partial charge on any atom is 0.246 e. The molecule has 0 spiro atoms. The Labute approximate surface area is 115 Å². The highest BCUT2D eigenvalue weighted by Crippen LogP contribution is 2.30. The van der Waals surface area contributed by atoms with Crippen LogP contribution in [-0.2, 0) is 10.3 Å². The van der Waals surface area contributed by atoms with Gasteiger partial charge in [0.05, 0.1) is 0 Å². The van der Waals surface area contributed by atoms with E-state index < -0.39 is 5.54 Å². The van der Waals surface area contributed by atoms with Gasteiger partial charge < -0.3 is 10.6 Å². The van der Waals surface area contributed by atoms with Crippen molar-refractivity contribution in [1.29, 1.82) is 0 Å². The van der Waals surface area contributed by atoms with Gasteiger partial charge in [0.1, 0.15) is 5.54 Å². The third-order valence-corrected chi connectivity index (χ3v) is 3.39. The van der Waals surface area contributed by atoms with Crippen molar-refractivity contribution in [2.24, 2.45) is 11.7 Å². The third-order valence-electron chi connectivity index (χ3n) is 3.39. The summed E-state index contributed by atoms with van der Waals surface area (Å²) >= 11 is 0. The smallest absolute Gasteiger partial charge is 0.246 e. The number of carbonyl (C=O) groups excluding carboxylic acids is 1. The lowest BCUT2D eigenvalue weighted by Gasteiger charge is -2.29. The predicted molar refractivity (Wildman–Crippen MR) is 75.6 cm³/mol. The molecular weight excluding hydrogens is 248 g/mol. The van der Waals surface area contributed by atoms with Crippen molar-refractivity contribution in [2.45, 2.75) is 25.3 Å². The molecule has 2 N–H and O–H groups in total. The Morgan fingerprint density at radius 2 is 1.94 bits per heavy atom. The van der Waals surface area contributed by atoms with Crippen LogP contribution in [0.2, 0.25) is 0 Å². The van der Waals surface area contributed by atoms with Crippen LogP contribution in [0.5, 0.6) is 0 Å². The summed E-state index contributed by atoms with van der Waals surface area (Å²) in [4.78, 5) is 14.1. The number of benzene rings is 1. The molecule has 0 aromatic heterocycles. The quantitative estimate of drug-likeness (QED) is 0.910. The van der Waals surface area contributed by atoms with Crippen molar-refractivity contribution in [2.75, 3.05) is 13.6 Å². The SMILES string of the molecule is CN(CC1CC1)C(=O)C(C)(N)c1ccccc1.Cl. The van der Waals surface area contributed by atoms with Gasteiger partial charge in [0, 0.05) is 13.6 Å². The number of amides is 1. The zero-order valence-corrected chi connectivity index (χ0v) is 11.7. The highest BCUT2D eigenvalue weighted by molar-refractivity contribution is 5.86. The monoisotopic (exact) mass is 268 g/mol. The second kappa shape index (κ2) is 5.72. The minimum absolute atomic E-state index is 0. The summed E-state index contributed by atoms with van der Waals surface area (Å²) in [5.41, 5.74) is 6.13. The van der Waals surface area contributed by atoms with Crippen LogP contribution >= 0.6 is 12.4 Å². The van der Waals surface area contributed by atoms with Gasteiger partial charge in [0.2, 0.25) is 5.91 Å². The van der Waals surface area contributed by atoms with E-state index in [0.29, 0.717) is 5.92 Å². The van der Waals surface area contributed by atoms with Gasteiger partial charge in [-0.3, -0.25) is 4.79 Å². The zero-order valence-electron chi connectivity index (χ0n) is 10.9. The third kappa shape index (κ3) is 3.24. The average molecular weight is 269 g/mol. The van der Waals surface area contributed by atoms with Crippen LogP contribution in [0.3, 0.4) is 0 Å². The highest BCUT2D eigenvalue weighted by atomic mass is 35.5. The summed E-state index contributed by atoms with van der Waals surface area (Å²) in [6, 6.07) is 9.56. The average Bonchev–Trinajstić information content (AvgIpc) is 3.13. The molecule has 18 heavy (non-hydrogen) atoms. The summed E-state index contributed by atoms with van der Waals surface area (Å²) in [6.07, 6.45) is 2.48. The molecule has 1 atom stereocenters. The van der Waals surface area contributed by atoms with E-state index in [-0.39, 0.29) is 18.3 Å². The van der Waals surface area contributed by atoms with E-state index in [9.17, 15) is 4.79 Å². The van der Waals surface area contributed by atoms with E-state index in [2.05, 4.69) is 0 Å². The van der Waals surface area contributed by atoms with Crippen LogP contribution in [0.4, 0.5) is 0 Å². The van der Waals surface area contributed by atoms with E-state index in [0.717, 1.165) is 12.1 Å². The van der Waals surface area contributed by atoms with Crippen LogP contribution < -0.4 is 5.73 Å². The minimum Gasteiger partial charge on any atom is -0.344 e. The molecule has 1 saturated carbocycles. The molecule has 1 unspecified atom stereocenters. The van der Waals surface area contributed by atoms with Crippen LogP contribution in [0.1, 0.15) is 25.3 Å². The van der Waals surface area contributed by atoms with Gasteiger partial charge in [-0.2, -0.15) is 0 Å². The second-order valence-corrected chi connectivity index (χ2v) is 5.20. The Hall–Kier alpha value is -1.06. The zero-order chi connectivity index (χ0) is 12.5. The first-order chi connectivity index (χ1) is 8.01. The molecule has 1 aliphatic rings. The number of carbonyl (C=O) groups is 1. The lowest BCUT2D eigenvalue weighted by atomic mass is 9.91. The summed E-state index contributed by atoms with van der Waals surface area (Å²) in [7, 11) is 1.84. The Morgan fingerprint density at radius 1 is 1.39 bits per heavy atom. The first-order valence-electron chi connectivity index (χ1n) is 6.12. The molecule has 3 nitrogen and oxygen atoms in total. The molecular formula is C14H21ClN2O. The minimum atomic E-state index is -0.926. The fourth-order valence-corrected chi connectivity index (χ4v) is 2.07. The summed E-state index contributed by atoms with van der Waals surface area (Å²) in [5, 5.41) is 0. The van der Waals surface area contributed by atoms with Crippen LogP contribution in [0, 0.1) is 5.92 Å². The van der Waals surface area contributed by atoms with E-state index in [1.807, 2.05) is 37.4 Å². The Kier molecular flexibility index (Phi) is 4.77. The summed E-state index contributed by atoms with van der Waals surface area (Å²) in [5.74, 6) is 0.686. The molecule has 1 aliphatic carbocycles. The van der Waals surface area contributed by atoms with E-state index in [1.54, 1.807) is 11.8 Å². The van der Waals surface area contributed by atoms with Crippen LogP contribution in [0.15, 0.2) is 30.3 Å². The first kappa shape index (κ1) is 15.0. The molecule has 1 aromatic carbocycles. The van der Waals surface area contributed by atoms with Gasteiger partial charge in [-0.15, -0.1) is 12.4 Å². The van der Waals surface area contributed by atoms with Crippen molar-refractivity contribution in [3.8, 4) is 0 Å². The van der Waals surface area contributed by atoms with Crippen LogP contribution in [0.25, 0.3) is 0 Å². The van der Waals surface area contributed by atoms with Gasteiger partial charge in [0.15, 0.2) is 0 Å². The largest absolute Gasteiger partial charge is 0.344 e. The van der Waals surface area contributed by atoms with Gasteiger partial charge in [-0.05, 0) is 31.2 Å². The Bertz CT molecular complexity index is 402. The van der Waals surface area contributed by atoms with Crippen molar-refractivity contribution >= 4 is 18.3 Å². The number of nitrogens with zero attached hydrogens (tertiary/aromatic N) is 1. The lowest BCUT2D eigenvalue weighted by molar-refractivity contribution is -0.135. The maximum absolute atomic E-state index is 12.3. The fraction of sp³-hybridized carbons (Fsp3) is 0.500. The molecule has 0 bridgehead atoms. The second-order valence-electron chi connectivity index (χ2n) is 5.20. The van der Waals surface area contributed by atoms with Crippen molar-refractivity contribution in [3.63, 3.8) is 0 Å². The Morgan fingerprint density at radius 3 is 2.44 bits per heavy atom. The predicted octanol–water partition coefficient (Wildman–Crippen LogP) is 2.15. The fourth-order valence-electron chi connectivity index (χ4n) is 2.07. The molecule has 2 rings (SSSR count). The standard InChI is InChI=1S/C14H20N2O.ClH/c1-14(15,12-6-4-3-5-7-12)13(17)16(2)10-11-8-9-11;/h3-7,11H,8-10,15H2,1-2H3;1H. The number of halogens is 1. The van der Waals surface area contributed by atoms with Crippen molar-refractivity contribution in [1.82, 2.24) is 4.90 Å². The van der Waals surface area contributed by atoms with Gasteiger partial charge in [-0.1, -0.05) is 30.3 Å². The highest BCUT2D eigenvalue weighted by Gasteiger charge is 2.35. The molecule has 0 saturated heterocycles. The van der Waals surface area contributed by atoms with E-state index in [1.165, 1.54) is 12.8 Å². The van der Waals surface area contributed by atoms with Crippen molar-refractivity contribution < 1.29 is 4.79 Å². The number of hydrogen-bond acceptors (Lipinski definition) is 2. The molecule has 1 amide bonds.